The molecule has 0 spiro atoms. The van der Waals surface area contributed by atoms with Crippen LogP contribution < -0.4 is 19.5 Å². The second-order valence-electron chi connectivity index (χ2n) is 5.07. The lowest BCUT2D eigenvalue weighted by molar-refractivity contribution is 0.171. The molecule has 0 unspecified atom stereocenters. The van der Waals surface area contributed by atoms with Gasteiger partial charge in [0.25, 0.3) is 0 Å². The monoisotopic (exact) mass is 388 g/mol. The Bertz CT molecular complexity index is 703. The highest BCUT2D eigenvalue weighted by Gasteiger charge is 2.23. The molecule has 1 aromatic carbocycles. The highest BCUT2D eigenvalue weighted by Crippen LogP contribution is 2.37. The van der Waals surface area contributed by atoms with E-state index >= 15 is 0 Å². The van der Waals surface area contributed by atoms with E-state index in [1.54, 1.807) is 6.07 Å². The first-order valence-electron chi connectivity index (χ1n) is 7.04. The maximum atomic E-state index is 12.5. The van der Waals surface area contributed by atoms with Crippen LogP contribution in [0.5, 0.6) is 11.5 Å². The molecule has 0 radical (unpaired) electrons. The fourth-order valence-corrected chi connectivity index (χ4v) is 4.42. The van der Waals surface area contributed by atoms with Gasteiger partial charge < -0.3 is 14.8 Å². The number of nitrogens with one attached hydrogen (secondary N) is 2. The Morgan fingerprint density at radius 3 is 2.64 bits per heavy atom. The predicted molar refractivity (Wildman–Crippen MR) is 85.9 cm³/mol. The Morgan fingerprint density at radius 2 is 1.95 bits per heavy atom. The van der Waals surface area contributed by atoms with Gasteiger partial charge in [-0.25, -0.2) is 13.1 Å². The molecule has 22 heavy (non-hydrogen) atoms. The molecule has 1 aromatic rings. The van der Waals surface area contributed by atoms with E-state index in [-0.39, 0.29) is 4.90 Å². The third-order valence-corrected chi connectivity index (χ3v) is 5.89. The first-order valence-corrected chi connectivity index (χ1v) is 9.31. The van der Waals surface area contributed by atoms with Crippen molar-refractivity contribution in [1.82, 2.24) is 10.0 Å². The topological polar surface area (TPSA) is 76.7 Å². The van der Waals surface area contributed by atoms with Crippen LogP contribution in [-0.2, 0) is 10.0 Å². The standard InChI is InChI=1S/C14H17BrN2O4S/c15-11-7-12-13(21-6-5-20-12)8-14(11)22(18,19)17-9-10-1-3-16-4-2-10/h1,7-8,16-17H,2-6,9H2. The Hall–Kier alpha value is -1.09. The summed E-state index contributed by atoms with van der Waals surface area (Å²) in [7, 11) is -3.62. The third kappa shape index (κ3) is 3.45. The van der Waals surface area contributed by atoms with Crippen LogP contribution in [0.2, 0.25) is 0 Å². The summed E-state index contributed by atoms with van der Waals surface area (Å²) in [6.45, 7) is 2.87. The first-order chi connectivity index (χ1) is 10.6. The van der Waals surface area contributed by atoms with Gasteiger partial charge in [-0.15, -0.1) is 0 Å². The molecule has 0 saturated carbocycles. The van der Waals surface area contributed by atoms with Crippen LogP contribution in [0.25, 0.3) is 0 Å². The van der Waals surface area contributed by atoms with Crippen molar-refractivity contribution in [3.63, 3.8) is 0 Å². The molecular weight excluding hydrogens is 372 g/mol. The van der Waals surface area contributed by atoms with Gasteiger partial charge in [-0.1, -0.05) is 11.6 Å². The summed E-state index contributed by atoms with van der Waals surface area (Å²) in [6, 6.07) is 3.13. The molecule has 3 rings (SSSR count). The number of halogens is 1. The van der Waals surface area contributed by atoms with E-state index in [0.29, 0.717) is 35.7 Å². The molecule has 0 bridgehead atoms. The van der Waals surface area contributed by atoms with Gasteiger partial charge in [0, 0.05) is 23.6 Å². The Balaban J connectivity index is 1.80. The molecule has 2 aliphatic heterocycles. The molecule has 2 heterocycles. The zero-order valence-corrected chi connectivity index (χ0v) is 14.3. The van der Waals surface area contributed by atoms with Crippen LogP contribution in [-0.4, -0.2) is 41.3 Å². The van der Waals surface area contributed by atoms with Crippen molar-refractivity contribution in [1.29, 1.82) is 0 Å². The summed E-state index contributed by atoms with van der Waals surface area (Å²) < 4.78 is 39.0. The van der Waals surface area contributed by atoms with Crippen molar-refractivity contribution >= 4 is 26.0 Å². The minimum Gasteiger partial charge on any atom is -0.486 e. The van der Waals surface area contributed by atoms with Crippen LogP contribution in [0.4, 0.5) is 0 Å². The normalized spacial score (nSPS) is 18.0. The van der Waals surface area contributed by atoms with Crippen LogP contribution in [0, 0.1) is 0 Å². The minimum atomic E-state index is -3.62. The number of fused-ring (bicyclic) bond motifs is 1. The highest BCUT2D eigenvalue weighted by atomic mass is 79.9. The molecular formula is C14H17BrN2O4S. The van der Waals surface area contributed by atoms with Gasteiger partial charge in [0.1, 0.15) is 18.1 Å². The smallest absolute Gasteiger partial charge is 0.242 e. The lowest BCUT2D eigenvalue weighted by Crippen LogP contribution is -2.30. The summed E-state index contributed by atoms with van der Waals surface area (Å²) in [5.74, 6) is 1.01. The molecule has 0 aliphatic carbocycles. The quantitative estimate of drug-likeness (QED) is 0.762. The van der Waals surface area contributed by atoms with E-state index in [9.17, 15) is 8.42 Å². The van der Waals surface area contributed by atoms with Gasteiger partial charge in [-0.2, -0.15) is 0 Å². The van der Waals surface area contributed by atoms with Crippen LogP contribution in [0.15, 0.2) is 33.2 Å². The second kappa shape index (κ2) is 6.57. The van der Waals surface area contributed by atoms with Crippen molar-refractivity contribution < 1.29 is 17.9 Å². The van der Waals surface area contributed by atoms with Crippen molar-refractivity contribution in [3.05, 3.63) is 28.3 Å². The molecule has 2 N–H and O–H groups in total. The largest absolute Gasteiger partial charge is 0.486 e. The fourth-order valence-electron chi connectivity index (χ4n) is 2.35. The lowest BCUT2D eigenvalue weighted by atomic mass is 10.1. The van der Waals surface area contributed by atoms with Crippen molar-refractivity contribution in [3.8, 4) is 11.5 Å². The van der Waals surface area contributed by atoms with Crippen LogP contribution >= 0.6 is 15.9 Å². The van der Waals surface area contributed by atoms with E-state index in [1.807, 2.05) is 6.08 Å². The van der Waals surface area contributed by atoms with E-state index in [4.69, 9.17) is 9.47 Å². The first kappa shape index (κ1) is 15.8. The van der Waals surface area contributed by atoms with Gasteiger partial charge >= 0.3 is 0 Å². The van der Waals surface area contributed by atoms with Crippen molar-refractivity contribution in [2.45, 2.75) is 11.3 Å². The average molecular weight is 389 g/mol. The highest BCUT2D eigenvalue weighted by molar-refractivity contribution is 9.10. The fraction of sp³-hybridized carbons (Fsp3) is 0.429. The SMILES string of the molecule is O=S(=O)(NCC1=CCNCC1)c1cc2c(cc1Br)OCCO2. The number of hydrogen-bond acceptors (Lipinski definition) is 5. The molecule has 6 nitrogen and oxygen atoms in total. The van der Waals surface area contributed by atoms with Gasteiger partial charge in [-0.05, 0) is 35.0 Å². The number of benzene rings is 1. The van der Waals surface area contributed by atoms with E-state index in [2.05, 4.69) is 26.0 Å². The summed E-state index contributed by atoms with van der Waals surface area (Å²) >= 11 is 3.30. The number of sulfonamides is 1. The Kier molecular flexibility index (Phi) is 4.72. The molecule has 8 heteroatoms. The van der Waals surface area contributed by atoms with E-state index in [0.717, 1.165) is 25.1 Å². The third-order valence-electron chi connectivity index (χ3n) is 3.53. The van der Waals surface area contributed by atoms with Crippen LogP contribution in [0.3, 0.4) is 0 Å². The number of ether oxygens (including phenoxy) is 2. The summed E-state index contributed by atoms with van der Waals surface area (Å²) in [5.41, 5.74) is 1.09. The Morgan fingerprint density at radius 1 is 1.23 bits per heavy atom. The van der Waals surface area contributed by atoms with Crippen LogP contribution in [0.1, 0.15) is 6.42 Å². The van der Waals surface area contributed by atoms with Crippen molar-refractivity contribution in [2.24, 2.45) is 0 Å². The maximum Gasteiger partial charge on any atom is 0.242 e. The van der Waals surface area contributed by atoms with Crippen molar-refractivity contribution in [2.75, 3.05) is 32.8 Å². The van der Waals surface area contributed by atoms with Gasteiger partial charge in [0.05, 0.1) is 0 Å². The summed E-state index contributed by atoms with van der Waals surface area (Å²) in [4.78, 5) is 0.159. The minimum absolute atomic E-state index is 0.159. The number of hydrogen-bond donors (Lipinski definition) is 2. The lowest BCUT2D eigenvalue weighted by Gasteiger charge is -2.20. The number of rotatable bonds is 4. The average Bonchev–Trinajstić information content (AvgIpc) is 2.53. The molecule has 0 fully saturated rings. The molecule has 0 aromatic heterocycles. The second-order valence-corrected chi connectivity index (χ2v) is 7.66. The summed E-state index contributed by atoms with van der Waals surface area (Å²) in [5, 5.41) is 3.20. The zero-order chi connectivity index (χ0) is 15.6. The maximum absolute atomic E-state index is 12.5. The molecule has 0 atom stereocenters. The molecule has 0 saturated heterocycles. The van der Waals surface area contributed by atoms with Gasteiger partial charge in [0.2, 0.25) is 10.0 Å². The zero-order valence-electron chi connectivity index (χ0n) is 11.9. The molecule has 120 valence electrons. The molecule has 0 amide bonds. The van der Waals surface area contributed by atoms with E-state index < -0.39 is 10.0 Å². The summed E-state index contributed by atoms with van der Waals surface area (Å²) in [6.07, 6.45) is 2.87. The van der Waals surface area contributed by atoms with Gasteiger partial charge in [0.15, 0.2) is 11.5 Å². The molecule has 2 aliphatic rings. The van der Waals surface area contributed by atoms with E-state index in [1.165, 1.54) is 6.07 Å². The Labute approximate surface area is 138 Å². The predicted octanol–water partition coefficient (Wildman–Crippen LogP) is 1.42. The van der Waals surface area contributed by atoms with Gasteiger partial charge in [-0.3, -0.25) is 0 Å².